The third-order valence-electron chi connectivity index (χ3n) is 3.08. The van der Waals surface area contributed by atoms with Crippen LogP contribution < -0.4 is 10.0 Å². The van der Waals surface area contributed by atoms with Crippen LogP contribution in [0.1, 0.15) is 19.3 Å². The smallest absolute Gasteiger partial charge is 0.229 e. The largest absolute Gasteiger partial charge is 0.384 e. The summed E-state index contributed by atoms with van der Waals surface area (Å²) in [6.07, 6.45) is 4.94. The Kier molecular flexibility index (Phi) is 4.02. The average Bonchev–Trinajstić information content (AvgIpc) is 2.18. The number of halogens is 1. The summed E-state index contributed by atoms with van der Waals surface area (Å²) in [6.45, 7) is 0.891. The van der Waals surface area contributed by atoms with Gasteiger partial charge in [0, 0.05) is 6.54 Å². The molecule has 0 amide bonds. The van der Waals surface area contributed by atoms with Gasteiger partial charge in [-0.1, -0.05) is 18.0 Å². The Morgan fingerprint density at radius 1 is 1.39 bits per heavy atom. The topological polar surface area (TPSA) is 58.2 Å². The molecular weight excluding hydrogens is 272 g/mol. The van der Waals surface area contributed by atoms with Crippen LogP contribution in [-0.2, 0) is 10.0 Å². The fraction of sp³-hybridized carbons (Fsp3) is 0.500. The Morgan fingerprint density at radius 2 is 2.11 bits per heavy atom. The van der Waals surface area contributed by atoms with Crippen molar-refractivity contribution in [3.8, 4) is 0 Å². The van der Waals surface area contributed by atoms with Gasteiger partial charge in [0.05, 0.1) is 22.7 Å². The monoisotopic (exact) mass is 288 g/mol. The van der Waals surface area contributed by atoms with Crippen LogP contribution in [0.4, 0.5) is 11.4 Å². The zero-order valence-corrected chi connectivity index (χ0v) is 11.8. The average molecular weight is 289 g/mol. The highest BCUT2D eigenvalue weighted by Gasteiger charge is 2.17. The number of sulfonamides is 1. The summed E-state index contributed by atoms with van der Waals surface area (Å²) in [6, 6.07) is 5.07. The molecule has 0 saturated heterocycles. The van der Waals surface area contributed by atoms with Gasteiger partial charge in [-0.2, -0.15) is 0 Å². The molecule has 2 rings (SSSR count). The van der Waals surface area contributed by atoms with Gasteiger partial charge in [-0.05, 0) is 37.0 Å². The Hall–Kier alpha value is -0.940. The maximum atomic E-state index is 11.2. The van der Waals surface area contributed by atoms with Crippen molar-refractivity contribution in [2.24, 2.45) is 5.92 Å². The van der Waals surface area contributed by atoms with Crippen LogP contribution in [0.25, 0.3) is 0 Å². The van der Waals surface area contributed by atoms with E-state index in [1.54, 1.807) is 18.2 Å². The van der Waals surface area contributed by atoms with E-state index in [0.717, 1.165) is 18.5 Å². The first-order valence-corrected chi connectivity index (χ1v) is 8.22. The van der Waals surface area contributed by atoms with Crippen LogP contribution in [0.5, 0.6) is 0 Å². The third kappa shape index (κ3) is 3.78. The molecule has 0 radical (unpaired) electrons. The Morgan fingerprint density at radius 3 is 2.67 bits per heavy atom. The molecule has 1 saturated carbocycles. The lowest BCUT2D eigenvalue weighted by Gasteiger charge is -2.26. The molecule has 0 unspecified atom stereocenters. The number of rotatable bonds is 5. The molecule has 100 valence electrons. The molecule has 0 heterocycles. The van der Waals surface area contributed by atoms with Gasteiger partial charge in [0.15, 0.2) is 0 Å². The quantitative estimate of drug-likeness (QED) is 0.876. The van der Waals surface area contributed by atoms with E-state index in [1.807, 2.05) is 0 Å². The Labute approximate surface area is 113 Å². The second-order valence-corrected chi connectivity index (χ2v) is 6.90. The molecule has 0 atom stereocenters. The van der Waals surface area contributed by atoms with Crippen molar-refractivity contribution in [1.82, 2.24) is 0 Å². The minimum atomic E-state index is -3.25. The van der Waals surface area contributed by atoms with Crippen molar-refractivity contribution < 1.29 is 8.42 Å². The van der Waals surface area contributed by atoms with E-state index in [0.29, 0.717) is 16.6 Å². The Balaban J connectivity index is 2.05. The van der Waals surface area contributed by atoms with E-state index in [-0.39, 0.29) is 0 Å². The molecule has 1 fully saturated rings. The lowest BCUT2D eigenvalue weighted by atomic mass is 9.85. The van der Waals surface area contributed by atoms with Gasteiger partial charge < -0.3 is 5.32 Å². The fourth-order valence-corrected chi connectivity index (χ4v) is 2.63. The minimum absolute atomic E-state index is 0.526. The van der Waals surface area contributed by atoms with Gasteiger partial charge in [-0.25, -0.2) is 8.42 Å². The molecule has 0 bridgehead atoms. The SMILES string of the molecule is CS(=O)(=O)Nc1ccc(Cl)c(NCC2CCC2)c1. The van der Waals surface area contributed by atoms with Crippen LogP contribution in [0.15, 0.2) is 18.2 Å². The van der Waals surface area contributed by atoms with Crippen LogP contribution in [-0.4, -0.2) is 21.2 Å². The highest BCUT2D eigenvalue weighted by Crippen LogP contribution is 2.29. The van der Waals surface area contributed by atoms with E-state index in [9.17, 15) is 8.42 Å². The molecule has 1 aliphatic carbocycles. The summed E-state index contributed by atoms with van der Waals surface area (Å²) in [5.41, 5.74) is 1.30. The van der Waals surface area contributed by atoms with Crippen molar-refractivity contribution >= 4 is 33.0 Å². The van der Waals surface area contributed by atoms with Crippen LogP contribution >= 0.6 is 11.6 Å². The van der Waals surface area contributed by atoms with E-state index < -0.39 is 10.0 Å². The maximum absolute atomic E-state index is 11.2. The first-order chi connectivity index (χ1) is 8.44. The van der Waals surface area contributed by atoms with Crippen molar-refractivity contribution in [1.29, 1.82) is 0 Å². The highest BCUT2D eigenvalue weighted by molar-refractivity contribution is 7.92. The van der Waals surface area contributed by atoms with Gasteiger partial charge in [0.2, 0.25) is 10.0 Å². The molecule has 1 aromatic carbocycles. The maximum Gasteiger partial charge on any atom is 0.229 e. The van der Waals surface area contributed by atoms with Crippen molar-refractivity contribution in [3.63, 3.8) is 0 Å². The molecule has 18 heavy (non-hydrogen) atoms. The summed E-state index contributed by atoms with van der Waals surface area (Å²) in [5.74, 6) is 0.715. The van der Waals surface area contributed by atoms with Crippen LogP contribution in [0, 0.1) is 5.92 Å². The second kappa shape index (κ2) is 5.36. The summed E-state index contributed by atoms with van der Waals surface area (Å²) >= 11 is 6.07. The minimum Gasteiger partial charge on any atom is -0.384 e. The van der Waals surface area contributed by atoms with Gasteiger partial charge in [0.25, 0.3) is 0 Å². The van der Waals surface area contributed by atoms with Gasteiger partial charge in [-0.3, -0.25) is 4.72 Å². The van der Waals surface area contributed by atoms with Gasteiger partial charge in [-0.15, -0.1) is 0 Å². The van der Waals surface area contributed by atoms with E-state index in [4.69, 9.17) is 11.6 Å². The van der Waals surface area contributed by atoms with Gasteiger partial charge >= 0.3 is 0 Å². The summed E-state index contributed by atoms with van der Waals surface area (Å²) in [4.78, 5) is 0. The van der Waals surface area contributed by atoms with Crippen molar-refractivity contribution in [2.75, 3.05) is 22.8 Å². The molecular formula is C12H17ClN2O2S. The number of anilines is 2. The molecule has 6 heteroatoms. The number of benzene rings is 1. The second-order valence-electron chi connectivity index (χ2n) is 4.75. The molecule has 0 aromatic heterocycles. The molecule has 0 spiro atoms. The lowest BCUT2D eigenvalue weighted by Crippen LogP contribution is -2.21. The normalized spacial score (nSPS) is 16.1. The fourth-order valence-electron chi connectivity index (χ4n) is 1.89. The number of nitrogens with one attached hydrogen (secondary N) is 2. The predicted octanol–water partition coefficient (Wildman–Crippen LogP) is 2.92. The van der Waals surface area contributed by atoms with Crippen molar-refractivity contribution in [2.45, 2.75) is 19.3 Å². The molecule has 1 aromatic rings. The van der Waals surface area contributed by atoms with Gasteiger partial charge in [0.1, 0.15) is 0 Å². The number of hydrogen-bond acceptors (Lipinski definition) is 3. The van der Waals surface area contributed by atoms with E-state index in [1.165, 1.54) is 19.3 Å². The van der Waals surface area contributed by atoms with E-state index >= 15 is 0 Å². The standard InChI is InChI=1S/C12H17ClN2O2S/c1-18(16,17)15-10-5-6-11(13)12(7-10)14-8-9-3-2-4-9/h5-7,9,14-15H,2-4,8H2,1H3. The summed E-state index contributed by atoms with van der Waals surface area (Å²) in [7, 11) is -3.25. The first-order valence-electron chi connectivity index (χ1n) is 5.95. The molecule has 4 nitrogen and oxygen atoms in total. The summed E-state index contributed by atoms with van der Waals surface area (Å²) in [5, 5.41) is 3.88. The molecule has 0 aliphatic heterocycles. The third-order valence-corrected chi connectivity index (χ3v) is 4.01. The lowest BCUT2D eigenvalue weighted by molar-refractivity contribution is 0.333. The van der Waals surface area contributed by atoms with Crippen molar-refractivity contribution in [3.05, 3.63) is 23.2 Å². The zero-order valence-electron chi connectivity index (χ0n) is 10.2. The van der Waals surface area contributed by atoms with Crippen LogP contribution in [0.3, 0.4) is 0 Å². The number of hydrogen-bond donors (Lipinski definition) is 2. The van der Waals surface area contributed by atoms with E-state index in [2.05, 4.69) is 10.0 Å². The predicted molar refractivity (Wildman–Crippen MR) is 75.7 cm³/mol. The molecule has 2 N–H and O–H groups in total. The van der Waals surface area contributed by atoms with Crippen LogP contribution in [0.2, 0.25) is 5.02 Å². The zero-order chi connectivity index (χ0) is 13.2. The summed E-state index contributed by atoms with van der Waals surface area (Å²) < 4.78 is 24.7. The Bertz CT molecular complexity index is 527. The first kappa shape index (κ1) is 13.5. The molecule has 1 aliphatic rings. The highest BCUT2D eigenvalue weighted by atomic mass is 35.5.